The lowest BCUT2D eigenvalue weighted by atomic mass is 9.86. The maximum absolute atomic E-state index is 12.4. The molecule has 1 unspecified atom stereocenters. The molecule has 174 valence electrons. The number of nitrogens with zero attached hydrogens (tertiary/aromatic N) is 1. The fourth-order valence-electron chi connectivity index (χ4n) is 4.37. The highest BCUT2D eigenvalue weighted by Crippen LogP contribution is 2.27. The standard InChI is InChI=1S/C24H33N3O4S/c28-21(12-11-18-7-3-1-4-8-18)26-24(32)27-15-14-25-23(30)20(27)17-22(29)31-16-13-19-9-5-2-6-10-19/h2,5-6,9-10,18,20H,1,3-4,7-8,11-17H2,(H,25,30)(H,26,28,32). The van der Waals surface area contributed by atoms with Crippen LogP contribution < -0.4 is 10.6 Å². The first-order valence-electron chi connectivity index (χ1n) is 11.6. The quantitative estimate of drug-likeness (QED) is 0.459. The molecule has 2 amide bonds. The summed E-state index contributed by atoms with van der Waals surface area (Å²) in [6, 6.07) is 8.97. The van der Waals surface area contributed by atoms with Crippen LogP contribution in [-0.4, -0.2) is 53.5 Å². The number of rotatable bonds is 8. The number of thiocarbonyl (C=S) groups is 1. The van der Waals surface area contributed by atoms with Gasteiger partial charge in [0.15, 0.2) is 5.11 Å². The molecule has 1 aromatic carbocycles. The van der Waals surface area contributed by atoms with Crippen LogP contribution in [-0.2, 0) is 25.5 Å². The highest BCUT2D eigenvalue weighted by molar-refractivity contribution is 7.80. The van der Waals surface area contributed by atoms with Crippen LogP contribution in [0.2, 0.25) is 0 Å². The van der Waals surface area contributed by atoms with Crippen molar-refractivity contribution in [3.63, 3.8) is 0 Å². The molecule has 0 spiro atoms. The molecule has 0 radical (unpaired) electrons. The van der Waals surface area contributed by atoms with Gasteiger partial charge in [0.1, 0.15) is 6.04 Å². The Labute approximate surface area is 195 Å². The van der Waals surface area contributed by atoms with Crippen molar-refractivity contribution < 1.29 is 19.1 Å². The average Bonchev–Trinajstić information content (AvgIpc) is 2.80. The number of carbonyl (C=O) groups is 3. The summed E-state index contributed by atoms with van der Waals surface area (Å²) in [7, 11) is 0. The lowest BCUT2D eigenvalue weighted by Crippen LogP contribution is -2.60. The van der Waals surface area contributed by atoms with Crippen LogP contribution in [0.4, 0.5) is 0 Å². The second kappa shape index (κ2) is 12.5. The number of esters is 1. The maximum atomic E-state index is 12.4. The molecule has 8 heteroatoms. The predicted molar refractivity (Wildman–Crippen MR) is 126 cm³/mol. The fraction of sp³-hybridized carbons (Fsp3) is 0.583. The van der Waals surface area contributed by atoms with Gasteiger partial charge in [0, 0.05) is 25.9 Å². The molecule has 3 rings (SSSR count). The monoisotopic (exact) mass is 459 g/mol. The average molecular weight is 460 g/mol. The number of benzene rings is 1. The van der Waals surface area contributed by atoms with Gasteiger partial charge < -0.3 is 20.3 Å². The summed E-state index contributed by atoms with van der Waals surface area (Å²) in [5.41, 5.74) is 1.08. The molecule has 1 saturated heterocycles. The zero-order valence-corrected chi connectivity index (χ0v) is 19.3. The Balaban J connectivity index is 1.45. The van der Waals surface area contributed by atoms with E-state index >= 15 is 0 Å². The molecule has 1 aliphatic heterocycles. The van der Waals surface area contributed by atoms with Crippen molar-refractivity contribution in [2.24, 2.45) is 5.92 Å². The van der Waals surface area contributed by atoms with E-state index in [1.165, 1.54) is 32.1 Å². The van der Waals surface area contributed by atoms with E-state index in [9.17, 15) is 14.4 Å². The molecule has 0 aromatic heterocycles. The molecule has 1 heterocycles. The van der Waals surface area contributed by atoms with Crippen molar-refractivity contribution in [3.8, 4) is 0 Å². The van der Waals surface area contributed by atoms with Crippen LogP contribution in [0.25, 0.3) is 0 Å². The minimum absolute atomic E-state index is 0.112. The van der Waals surface area contributed by atoms with Crippen molar-refractivity contribution in [1.29, 1.82) is 0 Å². The number of carbonyl (C=O) groups excluding carboxylic acids is 3. The Morgan fingerprint density at radius 2 is 1.91 bits per heavy atom. The van der Waals surface area contributed by atoms with Gasteiger partial charge in [0.2, 0.25) is 11.8 Å². The third-order valence-electron chi connectivity index (χ3n) is 6.20. The van der Waals surface area contributed by atoms with E-state index in [1.54, 1.807) is 4.90 Å². The van der Waals surface area contributed by atoms with Gasteiger partial charge >= 0.3 is 5.97 Å². The predicted octanol–water partition coefficient (Wildman–Crippen LogP) is 2.72. The van der Waals surface area contributed by atoms with E-state index in [2.05, 4.69) is 10.6 Å². The van der Waals surface area contributed by atoms with E-state index in [-0.39, 0.29) is 30.0 Å². The zero-order chi connectivity index (χ0) is 22.8. The first-order valence-corrected chi connectivity index (χ1v) is 12.0. The van der Waals surface area contributed by atoms with Gasteiger partial charge in [0.25, 0.3) is 0 Å². The molecule has 1 aromatic rings. The topological polar surface area (TPSA) is 87.7 Å². The van der Waals surface area contributed by atoms with Gasteiger partial charge in [-0.2, -0.15) is 0 Å². The third kappa shape index (κ3) is 7.58. The zero-order valence-electron chi connectivity index (χ0n) is 18.5. The molecule has 1 saturated carbocycles. The van der Waals surface area contributed by atoms with Crippen LogP contribution in [0.15, 0.2) is 30.3 Å². The molecule has 7 nitrogen and oxygen atoms in total. The summed E-state index contributed by atoms with van der Waals surface area (Å²) in [6.07, 6.45) is 7.97. The van der Waals surface area contributed by atoms with Gasteiger partial charge in [-0.1, -0.05) is 62.4 Å². The molecular weight excluding hydrogens is 426 g/mol. The lowest BCUT2D eigenvalue weighted by Gasteiger charge is -2.36. The number of nitrogens with one attached hydrogen (secondary N) is 2. The maximum Gasteiger partial charge on any atom is 0.308 e. The molecule has 1 atom stereocenters. The van der Waals surface area contributed by atoms with Crippen LogP contribution in [0, 0.1) is 5.92 Å². The van der Waals surface area contributed by atoms with Crippen LogP contribution >= 0.6 is 12.2 Å². The van der Waals surface area contributed by atoms with Crippen molar-refractivity contribution >= 4 is 35.1 Å². The number of ether oxygens (including phenoxy) is 1. The largest absolute Gasteiger partial charge is 0.465 e. The SMILES string of the molecule is O=C(CCC1CCCCC1)NC(=S)N1CCNC(=O)C1CC(=O)OCCc1ccccc1. The normalized spacial score (nSPS) is 19.2. The van der Waals surface area contributed by atoms with Gasteiger partial charge in [0.05, 0.1) is 13.0 Å². The Bertz CT molecular complexity index is 796. The van der Waals surface area contributed by atoms with Gasteiger partial charge in [-0.05, 0) is 30.1 Å². The van der Waals surface area contributed by atoms with Crippen LogP contribution in [0.5, 0.6) is 0 Å². The summed E-state index contributed by atoms with van der Waals surface area (Å²) in [6.45, 7) is 1.10. The minimum Gasteiger partial charge on any atom is -0.465 e. The van der Waals surface area contributed by atoms with Gasteiger partial charge in [-0.25, -0.2) is 0 Å². The molecule has 2 aliphatic rings. The molecule has 1 aliphatic carbocycles. The Hall–Kier alpha value is -2.48. The Morgan fingerprint density at radius 3 is 2.66 bits per heavy atom. The molecule has 2 N–H and O–H groups in total. The summed E-state index contributed by atoms with van der Waals surface area (Å²) in [5.74, 6) is -0.257. The highest BCUT2D eigenvalue weighted by Gasteiger charge is 2.34. The van der Waals surface area contributed by atoms with E-state index in [0.29, 0.717) is 31.8 Å². The van der Waals surface area contributed by atoms with E-state index in [4.69, 9.17) is 17.0 Å². The molecule has 32 heavy (non-hydrogen) atoms. The van der Waals surface area contributed by atoms with E-state index in [1.807, 2.05) is 30.3 Å². The van der Waals surface area contributed by atoms with Crippen molar-refractivity contribution in [3.05, 3.63) is 35.9 Å². The number of amides is 2. The Morgan fingerprint density at radius 1 is 1.16 bits per heavy atom. The second-order valence-electron chi connectivity index (χ2n) is 8.56. The molecule has 0 bridgehead atoms. The number of hydrogen-bond acceptors (Lipinski definition) is 5. The first kappa shape index (κ1) is 24.2. The first-order chi connectivity index (χ1) is 15.5. The van der Waals surface area contributed by atoms with Crippen LogP contribution in [0.3, 0.4) is 0 Å². The number of hydrogen-bond donors (Lipinski definition) is 2. The smallest absolute Gasteiger partial charge is 0.308 e. The molecular formula is C24H33N3O4S. The third-order valence-corrected chi connectivity index (χ3v) is 6.54. The molecule has 2 fully saturated rings. The summed E-state index contributed by atoms with van der Waals surface area (Å²) in [4.78, 5) is 38.8. The fourth-order valence-corrected chi connectivity index (χ4v) is 4.70. The number of piperazine rings is 1. The van der Waals surface area contributed by atoms with E-state index < -0.39 is 12.0 Å². The summed E-state index contributed by atoms with van der Waals surface area (Å²) in [5, 5.41) is 5.73. The minimum atomic E-state index is -0.779. The Kier molecular flexibility index (Phi) is 9.46. The van der Waals surface area contributed by atoms with Crippen molar-refractivity contribution in [2.45, 2.75) is 63.8 Å². The van der Waals surface area contributed by atoms with Crippen LogP contribution in [0.1, 0.15) is 56.9 Å². The summed E-state index contributed by atoms with van der Waals surface area (Å²) < 4.78 is 5.34. The highest BCUT2D eigenvalue weighted by atomic mass is 32.1. The van der Waals surface area contributed by atoms with Crippen molar-refractivity contribution in [1.82, 2.24) is 15.5 Å². The second-order valence-corrected chi connectivity index (χ2v) is 8.94. The van der Waals surface area contributed by atoms with Gasteiger partial charge in [-0.3, -0.25) is 14.4 Å². The van der Waals surface area contributed by atoms with Gasteiger partial charge in [-0.15, -0.1) is 0 Å². The van der Waals surface area contributed by atoms with Crippen molar-refractivity contribution in [2.75, 3.05) is 19.7 Å². The summed E-state index contributed by atoms with van der Waals surface area (Å²) >= 11 is 5.42. The van der Waals surface area contributed by atoms with E-state index in [0.717, 1.165) is 12.0 Å². The lowest BCUT2D eigenvalue weighted by molar-refractivity contribution is -0.147.